The molecule has 0 amide bonds. The van der Waals surface area contributed by atoms with E-state index in [0.29, 0.717) is 5.56 Å². The van der Waals surface area contributed by atoms with Crippen LogP contribution in [0.5, 0.6) is 0 Å². The van der Waals surface area contributed by atoms with Gasteiger partial charge in [-0.2, -0.15) is 0 Å². The number of hydrogen-bond acceptors (Lipinski definition) is 3. The number of thiazole rings is 1. The van der Waals surface area contributed by atoms with Gasteiger partial charge in [0.05, 0.1) is 5.69 Å². The van der Waals surface area contributed by atoms with Gasteiger partial charge >= 0.3 is 0 Å². The van der Waals surface area contributed by atoms with Crippen molar-refractivity contribution in [3.05, 3.63) is 35.0 Å². The van der Waals surface area contributed by atoms with Crippen molar-refractivity contribution in [1.29, 1.82) is 0 Å². The van der Waals surface area contributed by atoms with Gasteiger partial charge < -0.3 is 5.32 Å². The van der Waals surface area contributed by atoms with E-state index < -0.39 is 0 Å². The average Bonchev–Trinajstić information content (AvgIpc) is 2.84. The summed E-state index contributed by atoms with van der Waals surface area (Å²) in [5.74, 6) is -0.178. The highest BCUT2D eigenvalue weighted by molar-refractivity contribution is 7.14. The van der Waals surface area contributed by atoms with E-state index in [0.717, 1.165) is 16.4 Å². The molecule has 1 aromatic heterocycles. The molecule has 0 saturated carbocycles. The van der Waals surface area contributed by atoms with Gasteiger partial charge in [-0.25, -0.2) is 9.37 Å². The summed E-state index contributed by atoms with van der Waals surface area (Å²) < 4.78 is 13.1. The summed E-state index contributed by atoms with van der Waals surface area (Å²) in [6, 6.07) is 5.03. The topological polar surface area (TPSA) is 24.9 Å². The largest absolute Gasteiger partial charge is 0.365 e. The summed E-state index contributed by atoms with van der Waals surface area (Å²) in [6.07, 6.45) is 0. The Kier molecular flexibility index (Phi) is 5.10. The Morgan fingerprint density at radius 3 is 2.53 bits per heavy atom. The van der Waals surface area contributed by atoms with Crippen molar-refractivity contribution in [2.75, 3.05) is 12.4 Å². The summed E-state index contributed by atoms with van der Waals surface area (Å²) in [4.78, 5) is 4.35. The first-order chi connectivity index (χ1) is 8.20. The zero-order valence-corrected chi connectivity index (χ0v) is 11.4. The summed E-state index contributed by atoms with van der Waals surface area (Å²) in [7, 11) is 1.83. The minimum atomic E-state index is -0.178. The predicted octanol–water partition coefficient (Wildman–Crippen LogP) is 4.33. The van der Waals surface area contributed by atoms with E-state index in [9.17, 15) is 4.39 Å². The van der Waals surface area contributed by atoms with Crippen LogP contribution in [0.15, 0.2) is 23.6 Å². The Morgan fingerprint density at radius 2 is 2.00 bits per heavy atom. The number of halogens is 1. The van der Waals surface area contributed by atoms with E-state index in [-0.39, 0.29) is 5.82 Å². The molecular weight excluding hydrogens is 235 g/mol. The van der Waals surface area contributed by atoms with E-state index in [1.165, 1.54) is 17.4 Å². The number of benzene rings is 1. The second-order valence-electron chi connectivity index (χ2n) is 3.25. The fraction of sp³-hybridized carbons (Fsp3) is 0.308. The Bertz CT molecular complexity index is 480. The Morgan fingerprint density at radius 1 is 1.29 bits per heavy atom. The maximum absolute atomic E-state index is 13.1. The van der Waals surface area contributed by atoms with Crippen molar-refractivity contribution >= 4 is 16.5 Å². The number of hydrogen-bond donors (Lipinski definition) is 1. The van der Waals surface area contributed by atoms with E-state index in [1.807, 2.05) is 32.3 Å². The molecule has 1 aromatic carbocycles. The second-order valence-corrected chi connectivity index (χ2v) is 4.11. The number of aryl methyl sites for hydroxylation is 1. The van der Waals surface area contributed by atoms with Gasteiger partial charge in [0.2, 0.25) is 0 Å². The van der Waals surface area contributed by atoms with Gasteiger partial charge in [-0.15, -0.1) is 11.3 Å². The third-order valence-corrected chi connectivity index (χ3v) is 3.03. The average molecular weight is 252 g/mol. The fourth-order valence-electron chi connectivity index (χ4n) is 1.33. The van der Waals surface area contributed by atoms with E-state index in [1.54, 1.807) is 13.0 Å². The second kappa shape index (κ2) is 6.35. The lowest BCUT2D eigenvalue weighted by molar-refractivity contribution is 0.619. The maximum Gasteiger partial charge on any atom is 0.182 e. The lowest BCUT2D eigenvalue weighted by Gasteiger charge is -1.99. The van der Waals surface area contributed by atoms with Crippen molar-refractivity contribution in [1.82, 2.24) is 4.98 Å². The van der Waals surface area contributed by atoms with Gasteiger partial charge in [0.15, 0.2) is 5.13 Å². The summed E-state index contributed by atoms with van der Waals surface area (Å²) in [6.45, 7) is 5.75. The highest BCUT2D eigenvalue weighted by Crippen LogP contribution is 2.25. The Labute approximate surface area is 106 Å². The van der Waals surface area contributed by atoms with Crippen LogP contribution in [0.3, 0.4) is 0 Å². The van der Waals surface area contributed by atoms with Crippen molar-refractivity contribution in [2.45, 2.75) is 20.8 Å². The predicted molar refractivity (Wildman–Crippen MR) is 73.1 cm³/mol. The van der Waals surface area contributed by atoms with Gasteiger partial charge in [-0.3, -0.25) is 0 Å². The number of nitrogens with zero attached hydrogens (tertiary/aromatic N) is 1. The van der Waals surface area contributed by atoms with Gasteiger partial charge in [-0.1, -0.05) is 13.8 Å². The first kappa shape index (κ1) is 13.6. The Hall–Kier alpha value is -1.42. The lowest BCUT2D eigenvalue weighted by Crippen LogP contribution is -1.87. The molecule has 17 heavy (non-hydrogen) atoms. The third kappa shape index (κ3) is 3.27. The molecule has 0 atom stereocenters. The van der Waals surface area contributed by atoms with Crippen LogP contribution in [0.2, 0.25) is 0 Å². The number of rotatable bonds is 2. The lowest BCUT2D eigenvalue weighted by atomic mass is 10.1. The molecule has 0 aliphatic carbocycles. The van der Waals surface area contributed by atoms with Crippen LogP contribution in [-0.2, 0) is 0 Å². The number of nitrogens with one attached hydrogen (secondary N) is 1. The summed E-state index contributed by atoms with van der Waals surface area (Å²) in [5.41, 5.74) is 2.48. The van der Waals surface area contributed by atoms with E-state index >= 15 is 0 Å². The zero-order valence-electron chi connectivity index (χ0n) is 10.5. The highest BCUT2D eigenvalue weighted by atomic mass is 32.1. The van der Waals surface area contributed by atoms with Crippen LogP contribution < -0.4 is 5.32 Å². The van der Waals surface area contributed by atoms with E-state index in [2.05, 4.69) is 10.3 Å². The standard InChI is InChI=1S/C11H11FN2S.C2H6/c1-7-5-8(3-4-9(7)12)10-6-15-11(13-2)14-10;1-2/h3-6H,1-2H3,(H,13,14);1-2H3. The third-order valence-electron chi connectivity index (χ3n) is 2.17. The van der Waals surface area contributed by atoms with Crippen molar-refractivity contribution in [2.24, 2.45) is 0 Å². The van der Waals surface area contributed by atoms with Crippen LogP contribution in [0, 0.1) is 12.7 Å². The molecule has 2 nitrogen and oxygen atoms in total. The van der Waals surface area contributed by atoms with Crippen molar-refractivity contribution in [3.63, 3.8) is 0 Å². The summed E-state index contributed by atoms with van der Waals surface area (Å²) in [5, 5.41) is 5.80. The Balaban J connectivity index is 0.000000686. The normalized spacial score (nSPS) is 9.47. The molecule has 0 saturated heterocycles. The van der Waals surface area contributed by atoms with Crippen LogP contribution in [-0.4, -0.2) is 12.0 Å². The highest BCUT2D eigenvalue weighted by Gasteiger charge is 2.05. The fourth-order valence-corrected chi connectivity index (χ4v) is 2.01. The molecule has 0 aliphatic rings. The maximum atomic E-state index is 13.1. The monoisotopic (exact) mass is 252 g/mol. The number of aromatic nitrogens is 1. The molecule has 0 radical (unpaired) electrons. The minimum Gasteiger partial charge on any atom is -0.365 e. The quantitative estimate of drug-likeness (QED) is 0.860. The molecule has 2 aromatic rings. The molecule has 0 bridgehead atoms. The van der Waals surface area contributed by atoms with E-state index in [4.69, 9.17) is 0 Å². The molecule has 0 spiro atoms. The summed E-state index contributed by atoms with van der Waals surface area (Å²) >= 11 is 1.54. The zero-order chi connectivity index (χ0) is 12.8. The molecule has 1 heterocycles. The minimum absolute atomic E-state index is 0.178. The van der Waals surface area contributed by atoms with Crippen LogP contribution in [0.25, 0.3) is 11.3 Å². The molecule has 92 valence electrons. The molecular formula is C13H17FN2S. The van der Waals surface area contributed by atoms with Gasteiger partial charge in [0.25, 0.3) is 0 Å². The first-order valence-corrected chi connectivity index (χ1v) is 6.48. The van der Waals surface area contributed by atoms with Crippen LogP contribution in [0.4, 0.5) is 9.52 Å². The van der Waals surface area contributed by atoms with Gasteiger partial charge in [0, 0.05) is 18.0 Å². The smallest absolute Gasteiger partial charge is 0.182 e. The number of anilines is 1. The molecule has 0 aliphatic heterocycles. The molecule has 0 fully saturated rings. The molecule has 0 unspecified atom stereocenters. The molecule has 1 N–H and O–H groups in total. The molecule has 4 heteroatoms. The van der Waals surface area contributed by atoms with Crippen molar-refractivity contribution < 1.29 is 4.39 Å². The van der Waals surface area contributed by atoms with Crippen molar-refractivity contribution in [3.8, 4) is 11.3 Å². The van der Waals surface area contributed by atoms with Gasteiger partial charge in [-0.05, 0) is 30.7 Å². The van der Waals surface area contributed by atoms with Crippen LogP contribution >= 0.6 is 11.3 Å². The first-order valence-electron chi connectivity index (χ1n) is 5.60. The van der Waals surface area contributed by atoms with Crippen LogP contribution in [0.1, 0.15) is 19.4 Å². The molecule has 2 rings (SSSR count). The van der Waals surface area contributed by atoms with Gasteiger partial charge in [0.1, 0.15) is 5.82 Å². The SMILES string of the molecule is CC.CNc1nc(-c2ccc(F)c(C)c2)cs1.